The summed E-state index contributed by atoms with van der Waals surface area (Å²) in [5, 5.41) is 6.82. The highest BCUT2D eigenvalue weighted by atomic mass is 16.6. The first-order chi connectivity index (χ1) is 13.7. The van der Waals surface area contributed by atoms with Crippen molar-refractivity contribution in [2.45, 2.75) is 46.1 Å². The number of piperidine rings is 1. The molecule has 1 aliphatic rings. The summed E-state index contributed by atoms with van der Waals surface area (Å²) in [5.74, 6) is 1.76. The van der Waals surface area contributed by atoms with Gasteiger partial charge in [-0.25, -0.2) is 4.79 Å². The maximum atomic E-state index is 11.8. The highest BCUT2D eigenvalue weighted by Crippen LogP contribution is 2.18. The third-order valence-corrected chi connectivity index (χ3v) is 4.63. The Morgan fingerprint density at radius 3 is 2.61 bits per heavy atom. The van der Waals surface area contributed by atoms with Crippen LogP contribution in [-0.2, 0) is 11.2 Å². The molecule has 2 N–H and O–H groups in total. The van der Waals surface area contributed by atoms with Gasteiger partial charge in [0.05, 0.1) is 13.2 Å². The number of hydrogen-bond acceptors (Lipinski definition) is 4. The van der Waals surface area contributed by atoms with Gasteiger partial charge in [0, 0.05) is 32.2 Å². The number of aliphatic imine (C=N–C) groups is 1. The number of para-hydroxylation sites is 1. The van der Waals surface area contributed by atoms with Crippen molar-refractivity contribution in [3.8, 4) is 5.75 Å². The quantitative estimate of drug-likeness (QED) is 0.527. The second-order valence-corrected chi connectivity index (χ2v) is 6.66. The van der Waals surface area contributed by atoms with Gasteiger partial charge >= 0.3 is 6.09 Å². The molecule has 1 aromatic rings. The average Bonchev–Trinajstić information content (AvgIpc) is 2.70. The van der Waals surface area contributed by atoms with Crippen LogP contribution < -0.4 is 15.4 Å². The number of carbonyl (C=O) groups is 1. The Labute approximate surface area is 168 Å². The highest BCUT2D eigenvalue weighted by molar-refractivity contribution is 5.80. The van der Waals surface area contributed by atoms with E-state index in [1.165, 1.54) is 5.56 Å². The molecule has 0 radical (unpaired) electrons. The number of benzene rings is 1. The van der Waals surface area contributed by atoms with Gasteiger partial charge in [-0.2, -0.15) is 0 Å². The van der Waals surface area contributed by atoms with Crippen molar-refractivity contribution >= 4 is 12.1 Å². The number of carbonyl (C=O) groups excluding carboxylic acids is 1. The van der Waals surface area contributed by atoms with Crippen LogP contribution in [0.2, 0.25) is 0 Å². The zero-order valence-corrected chi connectivity index (χ0v) is 17.4. The van der Waals surface area contributed by atoms with E-state index < -0.39 is 0 Å². The Bertz CT molecular complexity index is 628. The molecule has 28 heavy (non-hydrogen) atoms. The first-order valence-corrected chi connectivity index (χ1v) is 10.3. The van der Waals surface area contributed by atoms with Gasteiger partial charge in [-0.15, -0.1) is 0 Å². The molecular formula is C21H34N4O3. The fourth-order valence-corrected chi connectivity index (χ4v) is 3.23. The van der Waals surface area contributed by atoms with Crippen LogP contribution in [-0.4, -0.2) is 62.4 Å². The van der Waals surface area contributed by atoms with E-state index in [-0.39, 0.29) is 6.09 Å². The van der Waals surface area contributed by atoms with Gasteiger partial charge in [-0.05, 0) is 51.7 Å². The molecule has 0 bridgehead atoms. The lowest BCUT2D eigenvalue weighted by Gasteiger charge is -2.32. The number of rotatable bonds is 8. The van der Waals surface area contributed by atoms with Gasteiger partial charge in [0.2, 0.25) is 0 Å². The molecule has 7 heteroatoms. The smallest absolute Gasteiger partial charge is 0.409 e. The van der Waals surface area contributed by atoms with Gasteiger partial charge in [0.1, 0.15) is 5.75 Å². The molecule has 1 saturated heterocycles. The lowest BCUT2D eigenvalue weighted by Crippen LogP contribution is -2.50. The molecule has 1 fully saturated rings. The van der Waals surface area contributed by atoms with Crippen LogP contribution in [0.4, 0.5) is 4.79 Å². The van der Waals surface area contributed by atoms with Crippen molar-refractivity contribution in [3.63, 3.8) is 0 Å². The van der Waals surface area contributed by atoms with Crippen molar-refractivity contribution in [3.05, 3.63) is 29.8 Å². The molecule has 2 rings (SSSR count). The van der Waals surface area contributed by atoms with Gasteiger partial charge in [0.15, 0.2) is 5.96 Å². The van der Waals surface area contributed by atoms with Crippen molar-refractivity contribution in [2.24, 2.45) is 4.99 Å². The van der Waals surface area contributed by atoms with Crippen LogP contribution in [0.5, 0.6) is 5.75 Å². The number of amides is 1. The number of nitrogens with one attached hydrogen (secondary N) is 2. The second-order valence-electron chi connectivity index (χ2n) is 6.66. The zero-order chi connectivity index (χ0) is 20.2. The maximum absolute atomic E-state index is 11.8. The minimum atomic E-state index is -0.213. The second kappa shape index (κ2) is 12.1. The Balaban J connectivity index is 1.85. The molecule has 1 aromatic carbocycles. The van der Waals surface area contributed by atoms with E-state index in [2.05, 4.69) is 23.6 Å². The summed E-state index contributed by atoms with van der Waals surface area (Å²) in [7, 11) is 0. The SMILES string of the molecule is CCNC(=NCCc1ccccc1OCC)NC1CCN(C(=O)OCC)CC1. The van der Waals surface area contributed by atoms with E-state index in [1.807, 2.05) is 32.0 Å². The zero-order valence-electron chi connectivity index (χ0n) is 17.4. The van der Waals surface area contributed by atoms with E-state index in [1.54, 1.807) is 4.90 Å². The summed E-state index contributed by atoms with van der Waals surface area (Å²) in [6, 6.07) is 8.42. The lowest BCUT2D eigenvalue weighted by atomic mass is 10.1. The summed E-state index contributed by atoms with van der Waals surface area (Å²) >= 11 is 0. The molecule has 0 saturated carbocycles. The normalized spacial score (nSPS) is 15.2. The van der Waals surface area contributed by atoms with Crippen LogP contribution in [0.15, 0.2) is 29.3 Å². The number of likely N-dealkylation sites (tertiary alicyclic amines) is 1. The number of hydrogen-bond donors (Lipinski definition) is 2. The molecule has 0 aliphatic carbocycles. The first kappa shape index (κ1) is 21.9. The number of guanidine groups is 1. The molecule has 0 atom stereocenters. The molecule has 0 spiro atoms. The minimum absolute atomic E-state index is 0.213. The van der Waals surface area contributed by atoms with E-state index in [0.717, 1.165) is 37.5 Å². The summed E-state index contributed by atoms with van der Waals surface area (Å²) < 4.78 is 10.8. The number of nitrogens with zero attached hydrogens (tertiary/aromatic N) is 2. The van der Waals surface area contributed by atoms with Gasteiger partial charge in [0.25, 0.3) is 0 Å². The first-order valence-electron chi connectivity index (χ1n) is 10.3. The molecule has 156 valence electrons. The van der Waals surface area contributed by atoms with Crippen LogP contribution in [0.25, 0.3) is 0 Å². The van der Waals surface area contributed by atoms with Crippen molar-refractivity contribution < 1.29 is 14.3 Å². The standard InChI is InChI=1S/C21H34N4O3/c1-4-22-20(23-14-11-17-9-7-8-10-19(17)27-5-2)24-18-12-15-25(16-13-18)21(26)28-6-3/h7-10,18H,4-6,11-16H2,1-3H3,(H2,22,23,24). The minimum Gasteiger partial charge on any atom is -0.494 e. The van der Waals surface area contributed by atoms with Gasteiger partial charge in [-0.3, -0.25) is 4.99 Å². The Kier molecular flexibility index (Phi) is 9.45. The topological polar surface area (TPSA) is 75.2 Å². The maximum Gasteiger partial charge on any atom is 0.409 e. The third-order valence-electron chi connectivity index (χ3n) is 4.63. The van der Waals surface area contributed by atoms with Gasteiger partial charge < -0.3 is 25.0 Å². The van der Waals surface area contributed by atoms with Crippen molar-refractivity contribution in [2.75, 3.05) is 39.4 Å². The molecule has 1 aliphatic heterocycles. The Morgan fingerprint density at radius 1 is 1.18 bits per heavy atom. The molecular weight excluding hydrogens is 356 g/mol. The fraction of sp³-hybridized carbons (Fsp3) is 0.619. The van der Waals surface area contributed by atoms with E-state index in [4.69, 9.17) is 14.5 Å². The van der Waals surface area contributed by atoms with Crippen molar-refractivity contribution in [1.29, 1.82) is 0 Å². The fourth-order valence-electron chi connectivity index (χ4n) is 3.23. The van der Waals surface area contributed by atoms with Crippen molar-refractivity contribution in [1.82, 2.24) is 15.5 Å². The van der Waals surface area contributed by atoms with Crippen LogP contribution >= 0.6 is 0 Å². The molecule has 0 unspecified atom stereocenters. The number of ether oxygens (including phenoxy) is 2. The third kappa shape index (κ3) is 6.94. The van der Waals surface area contributed by atoms with Crippen LogP contribution in [0.1, 0.15) is 39.2 Å². The average molecular weight is 391 g/mol. The summed E-state index contributed by atoms with van der Waals surface area (Å²) in [6.07, 6.45) is 2.38. The predicted octanol–water partition coefficient (Wildman–Crippen LogP) is 2.80. The monoisotopic (exact) mass is 390 g/mol. The summed E-state index contributed by atoms with van der Waals surface area (Å²) in [4.78, 5) is 18.3. The van der Waals surface area contributed by atoms with E-state index >= 15 is 0 Å². The van der Waals surface area contributed by atoms with E-state index in [0.29, 0.717) is 38.9 Å². The summed E-state index contributed by atoms with van der Waals surface area (Å²) in [6.45, 7) is 9.87. The lowest BCUT2D eigenvalue weighted by molar-refractivity contribution is 0.0963. The Morgan fingerprint density at radius 2 is 1.93 bits per heavy atom. The van der Waals surface area contributed by atoms with Crippen LogP contribution in [0.3, 0.4) is 0 Å². The molecule has 1 amide bonds. The molecule has 7 nitrogen and oxygen atoms in total. The molecule has 1 heterocycles. The van der Waals surface area contributed by atoms with E-state index in [9.17, 15) is 4.79 Å². The Hall–Kier alpha value is -2.44. The van der Waals surface area contributed by atoms with Gasteiger partial charge in [-0.1, -0.05) is 18.2 Å². The molecule has 0 aromatic heterocycles. The summed E-state index contributed by atoms with van der Waals surface area (Å²) in [5.41, 5.74) is 1.17. The predicted molar refractivity (Wildman–Crippen MR) is 112 cm³/mol. The highest BCUT2D eigenvalue weighted by Gasteiger charge is 2.24. The van der Waals surface area contributed by atoms with Crippen LogP contribution in [0, 0.1) is 0 Å². The largest absolute Gasteiger partial charge is 0.494 e.